The molecule has 2 atom stereocenters. The van der Waals surface area contributed by atoms with Crippen LogP contribution in [0.25, 0.3) is 0 Å². The van der Waals surface area contributed by atoms with Crippen molar-refractivity contribution in [3.05, 3.63) is 34.9 Å². The van der Waals surface area contributed by atoms with Gasteiger partial charge in [0.25, 0.3) is 0 Å². The maximum atomic E-state index is 12.8. The number of amides is 2. The van der Waals surface area contributed by atoms with Crippen LogP contribution in [-0.4, -0.2) is 35.3 Å². The van der Waals surface area contributed by atoms with Gasteiger partial charge in [-0.25, -0.2) is 0 Å². The van der Waals surface area contributed by atoms with Crippen molar-refractivity contribution in [1.82, 2.24) is 10.2 Å². The zero-order valence-corrected chi connectivity index (χ0v) is 16.4. The Morgan fingerprint density at radius 3 is 2.65 bits per heavy atom. The molecule has 1 saturated carbocycles. The van der Waals surface area contributed by atoms with Gasteiger partial charge in [-0.1, -0.05) is 36.6 Å². The van der Waals surface area contributed by atoms with E-state index in [9.17, 15) is 9.59 Å². The van der Waals surface area contributed by atoms with Crippen LogP contribution in [0, 0.1) is 5.92 Å². The number of hydrogen-bond acceptors (Lipinski definition) is 3. The maximum absolute atomic E-state index is 12.8. The molecular weight excluding hydrogens is 373 g/mol. The lowest BCUT2D eigenvalue weighted by molar-refractivity contribution is -0.140. The molecule has 7 heteroatoms. The molecule has 3 N–H and O–H groups in total. The fourth-order valence-electron chi connectivity index (χ4n) is 3.97. The third-order valence-electron chi connectivity index (χ3n) is 5.39. The first-order valence-corrected chi connectivity index (χ1v) is 9.52. The Labute approximate surface area is 166 Å². The Bertz CT molecular complexity index is 635. The van der Waals surface area contributed by atoms with Crippen LogP contribution in [0.3, 0.4) is 0 Å². The smallest absolute Gasteiger partial charge is 0.243 e. The fourth-order valence-corrected chi connectivity index (χ4v) is 4.18. The fraction of sp³-hybridized carbons (Fsp3) is 0.579. The highest BCUT2D eigenvalue weighted by Gasteiger charge is 2.38. The van der Waals surface area contributed by atoms with Gasteiger partial charge in [-0.05, 0) is 49.3 Å². The molecule has 1 aliphatic heterocycles. The summed E-state index contributed by atoms with van der Waals surface area (Å²) in [4.78, 5) is 27.0. The van der Waals surface area contributed by atoms with Crippen molar-refractivity contribution < 1.29 is 9.59 Å². The summed E-state index contributed by atoms with van der Waals surface area (Å²) in [6.07, 6.45) is 5.88. The van der Waals surface area contributed by atoms with E-state index in [-0.39, 0.29) is 30.1 Å². The van der Waals surface area contributed by atoms with Gasteiger partial charge < -0.3 is 16.0 Å². The van der Waals surface area contributed by atoms with E-state index in [1.165, 1.54) is 0 Å². The van der Waals surface area contributed by atoms with Crippen LogP contribution in [0.2, 0.25) is 5.02 Å². The molecule has 0 spiro atoms. The average molecular weight is 400 g/mol. The summed E-state index contributed by atoms with van der Waals surface area (Å²) in [5.41, 5.74) is 7.15. The molecule has 1 heterocycles. The first-order valence-electron chi connectivity index (χ1n) is 9.14. The van der Waals surface area contributed by atoms with Crippen molar-refractivity contribution in [1.29, 1.82) is 0 Å². The molecule has 5 nitrogen and oxygen atoms in total. The zero-order chi connectivity index (χ0) is 17.8. The van der Waals surface area contributed by atoms with Crippen LogP contribution in [0.1, 0.15) is 44.1 Å². The lowest BCUT2D eigenvalue weighted by Crippen LogP contribution is -2.52. The minimum Gasteiger partial charge on any atom is -0.350 e. The van der Waals surface area contributed by atoms with Crippen molar-refractivity contribution in [2.45, 2.75) is 57.2 Å². The molecule has 1 saturated heterocycles. The highest BCUT2D eigenvalue weighted by Crippen LogP contribution is 2.29. The number of nitrogens with zero attached hydrogens (tertiary/aromatic N) is 1. The van der Waals surface area contributed by atoms with Gasteiger partial charge in [0.15, 0.2) is 0 Å². The van der Waals surface area contributed by atoms with Gasteiger partial charge in [0, 0.05) is 18.1 Å². The third-order valence-corrected chi connectivity index (χ3v) is 5.62. The van der Waals surface area contributed by atoms with Crippen molar-refractivity contribution in [3.8, 4) is 0 Å². The summed E-state index contributed by atoms with van der Waals surface area (Å²) < 4.78 is 0. The minimum absolute atomic E-state index is 0. The molecule has 26 heavy (non-hydrogen) atoms. The Balaban J connectivity index is 0.00000243. The molecule has 0 aromatic heterocycles. The first kappa shape index (κ1) is 21.0. The molecule has 1 aliphatic carbocycles. The number of hydrogen-bond donors (Lipinski definition) is 2. The largest absolute Gasteiger partial charge is 0.350 e. The van der Waals surface area contributed by atoms with Crippen LogP contribution in [0.4, 0.5) is 0 Å². The molecule has 3 rings (SSSR count). The summed E-state index contributed by atoms with van der Waals surface area (Å²) in [5, 5.41) is 3.57. The first-order chi connectivity index (χ1) is 12.1. The Morgan fingerprint density at radius 1 is 1.23 bits per heavy atom. The molecule has 1 aromatic rings. The highest BCUT2D eigenvalue weighted by atomic mass is 35.5. The summed E-state index contributed by atoms with van der Waals surface area (Å²) in [7, 11) is 0. The predicted molar refractivity (Wildman–Crippen MR) is 105 cm³/mol. The second kappa shape index (κ2) is 9.58. The quantitative estimate of drug-likeness (QED) is 0.798. The minimum atomic E-state index is -0.469. The van der Waals surface area contributed by atoms with Gasteiger partial charge in [-0.2, -0.15) is 0 Å². The van der Waals surface area contributed by atoms with Crippen molar-refractivity contribution in [2.24, 2.45) is 11.7 Å². The van der Waals surface area contributed by atoms with E-state index in [4.69, 9.17) is 17.3 Å². The van der Waals surface area contributed by atoms with Crippen molar-refractivity contribution >= 4 is 35.8 Å². The summed E-state index contributed by atoms with van der Waals surface area (Å²) in [6, 6.07) is 6.53. The second-order valence-electron chi connectivity index (χ2n) is 7.11. The van der Waals surface area contributed by atoms with Crippen LogP contribution in [-0.2, 0) is 16.1 Å². The summed E-state index contributed by atoms with van der Waals surface area (Å²) >= 11 is 5.97. The van der Waals surface area contributed by atoms with Crippen LogP contribution in [0.5, 0.6) is 0 Å². The molecule has 2 fully saturated rings. The van der Waals surface area contributed by atoms with Gasteiger partial charge in [0.1, 0.15) is 6.04 Å². The lowest BCUT2D eigenvalue weighted by atomic mass is 9.97. The summed E-state index contributed by atoms with van der Waals surface area (Å²) in [6.45, 7) is 1.03. The van der Waals surface area contributed by atoms with Gasteiger partial charge in [0.05, 0.1) is 6.04 Å². The van der Waals surface area contributed by atoms with Crippen molar-refractivity contribution in [3.63, 3.8) is 0 Å². The molecule has 0 radical (unpaired) electrons. The van der Waals surface area contributed by atoms with Gasteiger partial charge >= 0.3 is 0 Å². The maximum Gasteiger partial charge on any atom is 0.243 e. The number of benzene rings is 1. The van der Waals surface area contributed by atoms with Gasteiger partial charge in [-0.15, -0.1) is 12.4 Å². The third kappa shape index (κ3) is 4.90. The van der Waals surface area contributed by atoms with E-state index in [2.05, 4.69) is 5.32 Å². The molecule has 0 bridgehead atoms. The number of halogens is 2. The molecular formula is C19H27Cl2N3O2. The Hall–Kier alpha value is -1.30. The Morgan fingerprint density at radius 2 is 1.96 bits per heavy atom. The topological polar surface area (TPSA) is 75.4 Å². The molecule has 0 unspecified atom stereocenters. The van der Waals surface area contributed by atoms with E-state index < -0.39 is 12.1 Å². The zero-order valence-electron chi connectivity index (χ0n) is 14.8. The molecule has 2 amide bonds. The average Bonchev–Trinajstić information content (AvgIpc) is 3.29. The molecule has 1 aromatic carbocycles. The number of carbonyl (C=O) groups is 2. The molecule has 144 valence electrons. The van der Waals surface area contributed by atoms with Gasteiger partial charge in [-0.3, -0.25) is 9.59 Å². The number of nitrogens with one attached hydrogen (secondary N) is 1. The second-order valence-corrected chi connectivity index (χ2v) is 7.54. The van der Waals surface area contributed by atoms with E-state index in [1.54, 1.807) is 11.0 Å². The monoisotopic (exact) mass is 399 g/mol. The van der Waals surface area contributed by atoms with Crippen LogP contribution < -0.4 is 11.1 Å². The number of rotatable bonds is 5. The van der Waals surface area contributed by atoms with E-state index in [0.29, 0.717) is 24.5 Å². The van der Waals surface area contributed by atoms with Crippen LogP contribution >= 0.6 is 24.0 Å². The normalized spacial score (nSPS) is 21.3. The van der Waals surface area contributed by atoms with Crippen LogP contribution in [0.15, 0.2) is 24.3 Å². The highest BCUT2D eigenvalue weighted by molar-refractivity contribution is 6.30. The summed E-state index contributed by atoms with van der Waals surface area (Å²) in [5.74, 6) is 0.0972. The predicted octanol–water partition coefficient (Wildman–Crippen LogP) is 2.89. The number of likely N-dealkylation sites (tertiary alicyclic amines) is 1. The number of nitrogens with two attached hydrogens (primary N) is 1. The lowest BCUT2D eigenvalue weighted by Gasteiger charge is -2.29. The van der Waals surface area contributed by atoms with Gasteiger partial charge in [0.2, 0.25) is 11.8 Å². The SMILES string of the molecule is Cl.N[C@@H](C(=O)N1CCC[C@H]1C(=O)NCc1cccc(Cl)c1)C1CCCC1. The van der Waals surface area contributed by atoms with E-state index in [0.717, 1.165) is 37.7 Å². The van der Waals surface area contributed by atoms with E-state index >= 15 is 0 Å². The standard InChI is InChI=1S/C19H26ClN3O2.ClH/c20-15-8-3-5-13(11-15)12-22-18(24)16-9-4-10-23(16)19(25)17(21)14-6-1-2-7-14;/h3,5,8,11,14,16-17H,1-2,4,6-7,9-10,12,21H2,(H,22,24);1H/t16-,17+;/m0./s1. The number of carbonyl (C=O) groups excluding carboxylic acids is 2. The van der Waals surface area contributed by atoms with E-state index in [1.807, 2.05) is 18.2 Å². The molecule has 2 aliphatic rings. The van der Waals surface area contributed by atoms with Crippen molar-refractivity contribution in [2.75, 3.05) is 6.54 Å². The Kier molecular flexibility index (Phi) is 7.74.